The van der Waals surface area contributed by atoms with Gasteiger partial charge in [0.1, 0.15) is 0 Å². The van der Waals surface area contributed by atoms with E-state index in [1.807, 2.05) is 24.4 Å². The summed E-state index contributed by atoms with van der Waals surface area (Å²) in [6.07, 6.45) is -0.174. The average Bonchev–Trinajstić information content (AvgIpc) is 3.01. The largest absolute Gasteiger partial charge is 0.387 e. The molecule has 2 N–H and O–H groups in total. The fourth-order valence-electron chi connectivity index (χ4n) is 2.28. The minimum atomic E-state index is -0.599. The molecule has 1 amide bonds. The standard InChI is InChI=1S/C17H19NO3S/c1-11(10-15(20)16-8-5-9-22-16)18-17(21)14-7-4-3-6-13(14)12(2)19/h3-9,11,15,20H,10H2,1-2H3,(H,18,21). The molecule has 2 unspecified atom stereocenters. The maximum Gasteiger partial charge on any atom is 0.252 e. The van der Waals surface area contributed by atoms with E-state index in [1.165, 1.54) is 18.3 Å². The molecular weight excluding hydrogens is 298 g/mol. The van der Waals surface area contributed by atoms with Crippen molar-refractivity contribution in [1.82, 2.24) is 5.32 Å². The summed E-state index contributed by atoms with van der Waals surface area (Å²) in [6.45, 7) is 3.28. The molecule has 0 bridgehead atoms. The maximum absolute atomic E-state index is 12.3. The van der Waals surface area contributed by atoms with Crippen molar-refractivity contribution in [3.05, 3.63) is 57.8 Å². The zero-order chi connectivity index (χ0) is 16.1. The molecule has 1 aromatic carbocycles. The number of hydrogen-bond donors (Lipinski definition) is 2. The van der Waals surface area contributed by atoms with Crippen molar-refractivity contribution in [1.29, 1.82) is 0 Å². The first kappa shape index (κ1) is 16.4. The van der Waals surface area contributed by atoms with Gasteiger partial charge in [-0.3, -0.25) is 9.59 Å². The number of hydrogen-bond acceptors (Lipinski definition) is 4. The van der Waals surface area contributed by atoms with Gasteiger partial charge < -0.3 is 10.4 Å². The summed E-state index contributed by atoms with van der Waals surface area (Å²) in [4.78, 5) is 24.8. The first-order valence-electron chi connectivity index (χ1n) is 7.11. The van der Waals surface area contributed by atoms with Gasteiger partial charge in [-0.25, -0.2) is 0 Å². The van der Waals surface area contributed by atoms with Gasteiger partial charge in [-0.15, -0.1) is 11.3 Å². The Bertz CT molecular complexity index is 652. The minimum absolute atomic E-state index is 0.142. The topological polar surface area (TPSA) is 66.4 Å². The van der Waals surface area contributed by atoms with Crippen molar-refractivity contribution in [2.75, 3.05) is 0 Å². The van der Waals surface area contributed by atoms with Gasteiger partial charge in [0.25, 0.3) is 5.91 Å². The molecule has 0 radical (unpaired) electrons. The van der Waals surface area contributed by atoms with Crippen molar-refractivity contribution in [2.24, 2.45) is 0 Å². The lowest BCUT2D eigenvalue weighted by molar-refractivity contribution is 0.0907. The molecule has 22 heavy (non-hydrogen) atoms. The van der Waals surface area contributed by atoms with E-state index in [-0.39, 0.29) is 17.7 Å². The number of carbonyl (C=O) groups excluding carboxylic acids is 2. The number of benzene rings is 1. The van der Waals surface area contributed by atoms with Crippen LogP contribution in [0.25, 0.3) is 0 Å². The van der Waals surface area contributed by atoms with E-state index >= 15 is 0 Å². The highest BCUT2D eigenvalue weighted by atomic mass is 32.1. The van der Waals surface area contributed by atoms with Crippen molar-refractivity contribution in [3.8, 4) is 0 Å². The molecule has 0 saturated carbocycles. The van der Waals surface area contributed by atoms with Gasteiger partial charge in [0, 0.05) is 16.5 Å². The molecule has 1 aromatic heterocycles. The highest BCUT2D eigenvalue weighted by Gasteiger charge is 2.18. The zero-order valence-corrected chi connectivity index (χ0v) is 13.4. The summed E-state index contributed by atoms with van der Waals surface area (Å²) in [6, 6.07) is 10.3. The SMILES string of the molecule is CC(=O)c1ccccc1C(=O)NC(C)CC(O)c1cccs1. The number of carbonyl (C=O) groups is 2. The first-order chi connectivity index (χ1) is 10.5. The summed E-state index contributed by atoms with van der Waals surface area (Å²) >= 11 is 1.49. The van der Waals surface area contributed by atoms with Crippen molar-refractivity contribution in [3.63, 3.8) is 0 Å². The lowest BCUT2D eigenvalue weighted by Crippen LogP contribution is -2.34. The van der Waals surface area contributed by atoms with Gasteiger partial charge in [-0.1, -0.05) is 24.3 Å². The average molecular weight is 317 g/mol. The number of aliphatic hydroxyl groups is 1. The molecule has 0 aliphatic carbocycles. The molecule has 0 aliphatic rings. The molecular formula is C17H19NO3S. The zero-order valence-electron chi connectivity index (χ0n) is 12.6. The van der Waals surface area contributed by atoms with Crippen molar-refractivity contribution < 1.29 is 14.7 Å². The van der Waals surface area contributed by atoms with Gasteiger partial charge in [0.15, 0.2) is 5.78 Å². The van der Waals surface area contributed by atoms with Crippen LogP contribution in [0.4, 0.5) is 0 Å². The Balaban J connectivity index is 2.01. The molecule has 0 spiro atoms. The molecule has 4 nitrogen and oxygen atoms in total. The van der Waals surface area contributed by atoms with Gasteiger partial charge in [0.2, 0.25) is 0 Å². The Morgan fingerprint density at radius 2 is 1.86 bits per heavy atom. The fourth-order valence-corrected chi connectivity index (χ4v) is 3.01. The molecule has 116 valence electrons. The van der Waals surface area contributed by atoms with Gasteiger partial charge in [0.05, 0.1) is 11.7 Å². The third-order valence-electron chi connectivity index (χ3n) is 3.38. The van der Waals surface area contributed by atoms with Crippen LogP contribution in [-0.2, 0) is 0 Å². The van der Waals surface area contributed by atoms with Crippen LogP contribution in [0, 0.1) is 0 Å². The Morgan fingerprint density at radius 1 is 1.18 bits per heavy atom. The molecule has 5 heteroatoms. The summed E-state index contributed by atoms with van der Waals surface area (Å²) in [5.74, 6) is -0.436. The molecule has 2 atom stereocenters. The summed E-state index contributed by atoms with van der Waals surface area (Å²) in [7, 11) is 0. The summed E-state index contributed by atoms with van der Waals surface area (Å²) < 4.78 is 0. The van der Waals surface area contributed by atoms with Gasteiger partial charge >= 0.3 is 0 Å². The summed E-state index contributed by atoms with van der Waals surface area (Å²) in [5, 5.41) is 14.9. The van der Waals surface area contributed by atoms with Gasteiger partial charge in [-0.05, 0) is 37.8 Å². The Morgan fingerprint density at radius 3 is 2.45 bits per heavy atom. The van der Waals surface area contributed by atoms with E-state index in [0.29, 0.717) is 17.5 Å². The van der Waals surface area contributed by atoms with Crippen LogP contribution in [0.2, 0.25) is 0 Å². The molecule has 2 rings (SSSR count). The first-order valence-corrected chi connectivity index (χ1v) is 7.99. The highest BCUT2D eigenvalue weighted by Crippen LogP contribution is 2.23. The van der Waals surface area contributed by atoms with E-state index in [4.69, 9.17) is 0 Å². The second-order valence-electron chi connectivity index (χ2n) is 5.24. The number of rotatable bonds is 6. The molecule has 2 aromatic rings. The van der Waals surface area contributed by atoms with E-state index in [2.05, 4.69) is 5.32 Å². The second kappa shape index (κ2) is 7.33. The lowest BCUT2D eigenvalue weighted by atomic mass is 10.0. The number of amides is 1. The Hall–Kier alpha value is -1.98. The Kier molecular flexibility index (Phi) is 5.46. The van der Waals surface area contributed by atoms with Crippen LogP contribution in [0.3, 0.4) is 0 Å². The number of thiophene rings is 1. The Labute approximate surface area is 133 Å². The van der Waals surface area contributed by atoms with Crippen molar-refractivity contribution in [2.45, 2.75) is 32.4 Å². The van der Waals surface area contributed by atoms with Crippen LogP contribution in [0.15, 0.2) is 41.8 Å². The van der Waals surface area contributed by atoms with E-state index in [0.717, 1.165) is 4.88 Å². The monoisotopic (exact) mass is 317 g/mol. The maximum atomic E-state index is 12.3. The molecule has 0 fully saturated rings. The predicted octanol–water partition coefficient (Wildman–Crippen LogP) is 3.19. The molecule has 1 heterocycles. The number of aliphatic hydroxyl groups excluding tert-OH is 1. The van der Waals surface area contributed by atoms with Crippen LogP contribution >= 0.6 is 11.3 Å². The fraction of sp³-hybridized carbons (Fsp3) is 0.294. The third kappa shape index (κ3) is 4.02. The molecule has 0 aliphatic heterocycles. The minimum Gasteiger partial charge on any atom is -0.387 e. The van der Waals surface area contributed by atoms with Gasteiger partial charge in [-0.2, -0.15) is 0 Å². The van der Waals surface area contributed by atoms with Crippen LogP contribution in [0.1, 0.15) is 52.0 Å². The molecule has 0 saturated heterocycles. The van der Waals surface area contributed by atoms with Crippen LogP contribution in [0.5, 0.6) is 0 Å². The predicted molar refractivity (Wildman–Crippen MR) is 87.3 cm³/mol. The van der Waals surface area contributed by atoms with E-state index in [1.54, 1.807) is 24.3 Å². The number of nitrogens with one attached hydrogen (secondary N) is 1. The van der Waals surface area contributed by atoms with Crippen molar-refractivity contribution >= 4 is 23.0 Å². The highest BCUT2D eigenvalue weighted by molar-refractivity contribution is 7.10. The smallest absolute Gasteiger partial charge is 0.252 e. The lowest BCUT2D eigenvalue weighted by Gasteiger charge is -2.18. The van der Waals surface area contributed by atoms with E-state index in [9.17, 15) is 14.7 Å². The van der Waals surface area contributed by atoms with Crippen LogP contribution < -0.4 is 5.32 Å². The quantitative estimate of drug-likeness (QED) is 0.804. The third-order valence-corrected chi connectivity index (χ3v) is 4.35. The second-order valence-corrected chi connectivity index (χ2v) is 6.22. The van der Waals surface area contributed by atoms with Crippen LogP contribution in [-0.4, -0.2) is 22.8 Å². The number of Topliss-reactive ketones (excluding diaryl/α,β-unsaturated/α-hetero) is 1. The van der Waals surface area contributed by atoms with E-state index < -0.39 is 6.10 Å². The number of ketones is 1. The summed E-state index contributed by atoms with van der Waals surface area (Å²) in [5.41, 5.74) is 0.776. The normalized spacial score (nSPS) is 13.4.